The van der Waals surface area contributed by atoms with Gasteiger partial charge in [0, 0.05) is 30.3 Å². The first-order valence-electron chi connectivity index (χ1n) is 8.93. The number of aryl methyl sites for hydroxylation is 1. The van der Waals surface area contributed by atoms with E-state index in [1.165, 1.54) is 28.1 Å². The molecule has 0 radical (unpaired) electrons. The maximum Gasteiger partial charge on any atom is 0.0790 e. The number of rotatable bonds is 7. The van der Waals surface area contributed by atoms with E-state index in [0.29, 0.717) is 8.58 Å². The standard InChI is InChI=1S/C22H30N3P/c1-8-23-17(4)22(24-14-16(3)19(6)26-7)18(5)25-12-11-20-13-15(2)9-10-21(20)25/h8-10,13-14,24,26H,1,6,11-12H2,2-5,7H3/b16-14+,22-18-,23-17?. The number of hydrogen-bond acceptors (Lipinski definition) is 3. The molecule has 4 heteroatoms. The average Bonchev–Trinajstić information content (AvgIpc) is 3.03. The van der Waals surface area contributed by atoms with Crippen molar-refractivity contribution in [2.45, 2.75) is 34.1 Å². The summed E-state index contributed by atoms with van der Waals surface area (Å²) in [6.45, 7) is 19.4. The molecule has 0 bridgehead atoms. The molecule has 3 nitrogen and oxygen atoms in total. The number of aliphatic imine (C=N–C) groups is 1. The Morgan fingerprint density at radius 2 is 2.04 bits per heavy atom. The Hall–Kier alpha value is -2.12. The van der Waals surface area contributed by atoms with E-state index in [1.54, 1.807) is 6.20 Å². The van der Waals surface area contributed by atoms with Gasteiger partial charge in [0.2, 0.25) is 0 Å². The number of allylic oxidation sites excluding steroid dienone is 4. The van der Waals surface area contributed by atoms with Crippen LogP contribution in [-0.4, -0.2) is 18.9 Å². The maximum absolute atomic E-state index is 4.41. The molecule has 1 aliphatic rings. The molecule has 26 heavy (non-hydrogen) atoms. The largest absolute Gasteiger partial charge is 0.359 e. The van der Waals surface area contributed by atoms with Crippen LogP contribution in [0.2, 0.25) is 0 Å². The number of hydrogen-bond donors (Lipinski definition) is 1. The van der Waals surface area contributed by atoms with Gasteiger partial charge in [-0.1, -0.05) is 39.4 Å². The molecule has 1 N–H and O–H groups in total. The minimum atomic E-state index is 0.709. The minimum Gasteiger partial charge on any atom is -0.359 e. The van der Waals surface area contributed by atoms with Gasteiger partial charge in [-0.15, -0.1) is 0 Å². The minimum absolute atomic E-state index is 0.709. The maximum atomic E-state index is 4.41. The van der Waals surface area contributed by atoms with E-state index >= 15 is 0 Å². The molecule has 0 amide bonds. The Bertz CT molecular complexity index is 800. The van der Waals surface area contributed by atoms with Crippen molar-refractivity contribution in [2.75, 3.05) is 18.1 Å². The zero-order chi connectivity index (χ0) is 19.3. The van der Waals surface area contributed by atoms with E-state index in [9.17, 15) is 0 Å². The van der Waals surface area contributed by atoms with Crippen LogP contribution in [0.5, 0.6) is 0 Å². The molecule has 0 aliphatic carbocycles. The highest BCUT2D eigenvalue weighted by Crippen LogP contribution is 2.32. The van der Waals surface area contributed by atoms with Crippen LogP contribution in [0.25, 0.3) is 0 Å². The molecular formula is C22H30N3P. The molecule has 1 unspecified atom stereocenters. The number of fused-ring (bicyclic) bond motifs is 1. The van der Waals surface area contributed by atoms with Gasteiger partial charge in [0.05, 0.1) is 11.4 Å². The summed E-state index contributed by atoms with van der Waals surface area (Å²) in [6.07, 6.45) is 4.70. The fraction of sp³-hybridized carbons (Fsp3) is 0.318. The lowest BCUT2D eigenvalue weighted by atomic mass is 10.1. The summed E-state index contributed by atoms with van der Waals surface area (Å²) in [4.78, 5) is 6.79. The lowest BCUT2D eigenvalue weighted by molar-refractivity contribution is 0.915. The first-order chi connectivity index (χ1) is 12.4. The van der Waals surface area contributed by atoms with Crippen LogP contribution < -0.4 is 10.2 Å². The monoisotopic (exact) mass is 367 g/mol. The Kier molecular flexibility index (Phi) is 6.99. The van der Waals surface area contributed by atoms with Crippen LogP contribution >= 0.6 is 8.58 Å². The van der Waals surface area contributed by atoms with Crippen molar-refractivity contribution in [3.05, 3.63) is 77.2 Å². The summed E-state index contributed by atoms with van der Waals surface area (Å²) >= 11 is 0. The van der Waals surface area contributed by atoms with Gasteiger partial charge in [-0.25, -0.2) is 0 Å². The third-order valence-corrected chi connectivity index (χ3v) is 5.75. The van der Waals surface area contributed by atoms with E-state index in [4.69, 9.17) is 0 Å². The molecule has 1 aliphatic heterocycles. The van der Waals surface area contributed by atoms with Crippen LogP contribution in [0.1, 0.15) is 31.9 Å². The van der Waals surface area contributed by atoms with Crippen molar-refractivity contribution in [3.8, 4) is 0 Å². The second-order valence-corrected chi connectivity index (χ2v) is 7.70. The number of nitrogens with one attached hydrogen (secondary N) is 1. The molecule has 1 heterocycles. The smallest absolute Gasteiger partial charge is 0.0790 e. The Morgan fingerprint density at radius 3 is 2.69 bits per heavy atom. The number of benzene rings is 1. The average molecular weight is 367 g/mol. The lowest BCUT2D eigenvalue weighted by Crippen LogP contribution is -2.26. The highest BCUT2D eigenvalue weighted by molar-refractivity contribution is 7.42. The molecule has 1 aromatic rings. The highest BCUT2D eigenvalue weighted by Gasteiger charge is 2.22. The molecule has 0 aromatic heterocycles. The van der Waals surface area contributed by atoms with E-state index in [-0.39, 0.29) is 0 Å². The predicted molar refractivity (Wildman–Crippen MR) is 119 cm³/mol. The van der Waals surface area contributed by atoms with Crippen molar-refractivity contribution in [3.63, 3.8) is 0 Å². The first-order valence-corrected chi connectivity index (χ1v) is 10.4. The molecule has 1 aromatic carbocycles. The van der Waals surface area contributed by atoms with Gasteiger partial charge in [-0.3, -0.25) is 4.99 Å². The van der Waals surface area contributed by atoms with Crippen LogP contribution in [0, 0.1) is 6.92 Å². The Morgan fingerprint density at radius 1 is 1.31 bits per heavy atom. The van der Waals surface area contributed by atoms with Gasteiger partial charge < -0.3 is 10.2 Å². The van der Waals surface area contributed by atoms with Crippen molar-refractivity contribution < 1.29 is 0 Å². The topological polar surface area (TPSA) is 27.6 Å². The molecule has 0 saturated carbocycles. The molecule has 138 valence electrons. The fourth-order valence-electron chi connectivity index (χ4n) is 3.15. The van der Waals surface area contributed by atoms with E-state index in [0.717, 1.165) is 29.7 Å². The summed E-state index contributed by atoms with van der Waals surface area (Å²) in [6, 6.07) is 6.69. The third kappa shape index (κ3) is 4.53. The molecule has 1 atom stereocenters. The molecule has 2 rings (SSSR count). The molecule has 0 spiro atoms. The van der Waals surface area contributed by atoms with E-state index in [1.807, 2.05) is 13.1 Å². The zero-order valence-electron chi connectivity index (χ0n) is 16.6. The second-order valence-electron chi connectivity index (χ2n) is 6.59. The number of anilines is 1. The summed E-state index contributed by atoms with van der Waals surface area (Å²) in [5, 5.41) is 4.64. The first kappa shape index (κ1) is 20.2. The van der Waals surface area contributed by atoms with Crippen LogP contribution in [0.4, 0.5) is 5.69 Å². The summed E-state index contributed by atoms with van der Waals surface area (Å²) in [5.41, 5.74) is 8.29. The van der Waals surface area contributed by atoms with Gasteiger partial charge in [0.15, 0.2) is 0 Å². The van der Waals surface area contributed by atoms with Crippen molar-refractivity contribution in [1.29, 1.82) is 0 Å². The zero-order valence-corrected chi connectivity index (χ0v) is 17.6. The van der Waals surface area contributed by atoms with E-state index < -0.39 is 0 Å². The van der Waals surface area contributed by atoms with Crippen molar-refractivity contribution in [2.24, 2.45) is 4.99 Å². The Labute approximate surface area is 160 Å². The molecule has 0 saturated heterocycles. The Balaban J connectivity index is 2.43. The number of nitrogens with zero attached hydrogens (tertiary/aromatic N) is 2. The quantitative estimate of drug-likeness (QED) is 0.391. The van der Waals surface area contributed by atoms with Crippen LogP contribution in [-0.2, 0) is 6.42 Å². The summed E-state index contributed by atoms with van der Waals surface area (Å²) in [7, 11) is 0.709. The van der Waals surface area contributed by atoms with Crippen LogP contribution in [0.15, 0.2) is 71.0 Å². The normalized spacial score (nSPS) is 16.0. The fourth-order valence-corrected chi connectivity index (χ4v) is 3.62. The summed E-state index contributed by atoms with van der Waals surface area (Å²) < 4.78 is 0. The third-order valence-electron chi connectivity index (χ3n) is 4.75. The van der Waals surface area contributed by atoms with Crippen molar-refractivity contribution in [1.82, 2.24) is 5.32 Å². The second kappa shape index (κ2) is 9.00. The van der Waals surface area contributed by atoms with E-state index in [2.05, 4.69) is 74.0 Å². The van der Waals surface area contributed by atoms with Gasteiger partial charge in [-0.2, -0.15) is 0 Å². The van der Waals surface area contributed by atoms with Crippen molar-refractivity contribution >= 4 is 20.0 Å². The highest BCUT2D eigenvalue weighted by atomic mass is 31.1. The van der Waals surface area contributed by atoms with Gasteiger partial charge >= 0.3 is 0 Å². The van der Waals surface area contributed by atoms with Gasteiger partial charge in [0.1, 0.15) is 0 Å². The lowest BCUT2D eigenvalue weighted by Gasteiger charge is -2.24. The van der Waals surface area contributed by atoms with Crippen LogP contribution in [0.3, 0.4) is 0 Å². The molecular weight excluding hydrogens is 337 g/mol. The predicted octanol–water partition coefficient (Wildman–Crippen LogP) is 5.51. The summed E-state index contributed by atoms with van der Waals surface area (Å²) in [5.74, 6) is 0. The molecule has 0 fully saturated rings. The SMILES string of the molecule is C=CN=C(C)/C(N/C=C(\C)C(=C)PC)=C(\C)N1CCc2cc(C)ccc21. The van der Waals surface area contributed by atoms with Gasteiger partial charge in [0.25, 0.3) is 0 Å². The van der Waals surface area contributed by atoms with Gasteiger partial charge in [-0.05, 0) is 63.3 Å².